The van der Waals surface area contributed by atoms with Crippen molar-refractivity contribution in [2.24, 2.45) is 0 Å². The Bertz CT molecular complexity index is 383. The molecule has 2 N–H and O–H groups in total. The van der Waals surface area contributed by atoms with Crippen molar-refractivity contribution in [3.8, 4) is 0 Å². The Balaban J connectivity index is 3.01. The molecule has 1 heterocycles. The van der Waals surface area contributed by atoms with Crippen LogP contribution in [0.5, 0.6) is 0 Å². The molecule has 0 aromatic carbocycles. The Kier molecular flexibility index (Phi) is 4.65. The number of hydrogen-bond acceptors (Lipinski definition) is 4. The SMILES string of the molecule is O=C(O)C=CC1(C=CC(=O)O)CCCCC(=O)O1. The van der Waals surface area contributed by atoms with Crippen LogP contribution >= 0.6 is 0 Å². The summed E-state index contributed by atoms with van der Waals surface area (Å²) in [4.78, 5) is 32.4. The van der Waals surface area contributed by atoms with E-state index < -0.39 is 23.5 Å². The molecule has 1 aliphatic heterocycles. The van der Waals surface area contributed by atoms with E-state index in [0.29, 0.717) is 19.3 Å². The summed E-state index contributed by atoms with van der Waals surface area (Å²) in [6.07, 6.45) is 6.03. The highest BCUT2D eigenvalue weighted by atomic mass is 16.6. The Morgan fingerprint density at radius 1 is 1.11 bits per heavy atom. The van der Waals surface area contributed by atoms with Crippen molar-refractivity contribution in [2.45, 2.75) is 31.3 Å². The molecule has 0 amide bonds. The van der Waals surface area contributed by atoms with Crippen molar-refractivity contribution in [2.75, 3.05) is 0 Å². The van der Waals surface area contributed by atoms with E-state index >= 15 is 0 Å². The van der Waals surface area contributed by atoms with Gasteiger partial charge in [-0.25, -0.2) is 9.59 Å². The molecule has 0 unspecified atom stereocenters. The summed E-state index contributed by atoms with van der Waals surface area (Å²) in [6.45, 7) is 0. The lowest BCUT2D eigenvalue weighted by Gasteiger charge is -2.25. The van der Waals surface area contributed by atoms with Crippen LogP contribution in [0.1, 0.15) is 25.7 Å². The molecule has 0 aromatic rings. The van der Waals surface area contributed by atoms with E-state index in [4.69, 9.17) is 14.9 Å². The van der Waals surface area contributed by atoms with Crippen molar-refractivity contribution in [1.29, 1.82) is 0 Å². The maximum atomic E-state index is 11.4. The van der Waals surface area contributed by atoms with Gasteiger partial charge in [-0.3, -0.25) is 4.79 Å². The molecule has 18 heavy (non-hydrogen) atoms. The van der Waals surface area contributed by atoms with Crippen molar-refractivity contribution in [3.05, 3.63) is 24.3 Å². The van der Waals surface area contributed by atoms with Gasteiger partial charge in [0.2, 0.25) is 0 Å². The summed E-state index contributed by atoms with van der Waals surface area (Å²) >= 11 is 0. The highest BCUT2D eigenvalue weighted by Gasteiger charge is 2.31. The zero-order valence-corrected chi connectivity index (χ0v) is 9.67. The molecular formula is C12H14O6. The second-order valence-corrected chi connectivity index (χ2v) is 3.98. The summed E-state index contributed by atoms with van der Waals surface area (Å²) < 4.78 is 5.16. The summed E-state index contributed by atoms with van der Waals surface area (Å²) in [6, 6.07) is 0. The quantitative estimate of drug-likeness (QED) is 0.576. The van der Waals surface area contributed by atoms with Crippen LogP contribution in [-0.4, -0.2) is 33.7 Å². The second-order valence-electron chi connectivity index (χ2n) is 3.98. The first kappa shape index (κ1) is 14.0. The average Bonchev–Trinajstić information content (AvgIpc) is 2.47. The third-order valence-electron chi connectivity index (χ3n) is 2.52. The van der Waals surface area contributed by atoms with Crippen LogP contribution in [-0.2, 0) is 19.1 Å². The van der Waals surface area contributed by atoms with Gasteiger partial charge in [-0.05, 0) is 31.4 Å². The van der Waals surface area contributed by atoms with Gasteiger partial charge in [-0.15, -0.1) is 0 Å². The van der Waals surface area contributed by atoms with E-state index in [1.54, 1.807) is 0 Å². The van der Waals surface area contributed by atoms with Crippen LogP contribution in [0.4, 0.5) is 0 Å². The molecule has 6 heteroatoms. The summed E-state index contributed by atoms with van der Waals surface area (Å²) in [5.74, 6) is -2.82. The number of cyclic esters (lactones) is 1. The fraction of sp³-hybridized carbons (Fsp3) is 0.417. The molecule has 0 atom stereocenters. The van der Waals surface area contributed by atoms with Crippen molar-refractivity contribution in [3.63, 3.8) is 0 Å². The monoisotopic (exact) mass is 254 g/mol. The van der Waals surface area contributed by atoms with E-state index in [0.717, 1.165) is 12.2 Å². The lowest BCUT2D eigenvalue weighted by atomic mass is 9.95. The molecule has 6 nitrogen and oxygen atoms in total. The molecule has 98 valence electrons. The third-order valence-corrected chi connectivity index (χ3v) is 2.52. The lowest BCUT2D eigenvalue weighted by molar-refractivity contribution is -0.150. The van der Waals surface area contributed by atoms with Gasteiger partial charge in [-0.1, -0.05) is 0 Å². The number of aliphatic carboxylic acids is 2. The van der Waals surface area contributed by atoms with Gasteiger partial charge in [0.05, 0.1) is 0 Å². The van der Waals surface area contributed by atoms with Crippen molar-refractivity contribution >= 4 is 17.9 Å². The maximum absolute atomic E-state index is 11.4. The predicted molar refractivity (Wildman–Crippen MR) is 60.8 cm³/mol. The van der Waals surface area contributed by atoms with Crippen LogP contribution in [0, 0.1) is 0 Å². The number of hydrogen-bond donors (Lipinski definition) is 2. The summed E-state index contributed by atoms with van der Waals surface area (Å²) in [5, 5.41) is 17.2. The van der Waals surface area contributed by atoms with E-state index in [2.05, 4.69) is 0 Å². The molecule has 0 radical (unpaired) electrons. The van der Waals surface area contributed by atoms with Crippen LogP contribution in [0.25, 0.3) is 0 Å². The fourth-order valence-corrected chi connectivity index (χ4v) is 1.70. The zero-order chi connectivity index (χ0) is 13.6. The first-order valence-electron chi connectivity index (χ1n) is 5.50. The van der Waals surface area contributed by atoms with Gasteiger partial charge in [0.15, 0.2) is 0 Å². The number of carboxylic acid groups (broad SMARTS) is 2. The maximum Gasteiger partial charge on any atom is 0.328 e. The van der Waals surface area contributed by atoms with Gasteiger partial charge in [-0.2, -0.15) is 0 Å². The number of carbonyl (C=O) groups excluding carboxylic acids is 1. The van der Waals surface area contributed by atoms with E-state index in [9.17, 15) is 14.4 Å². The van der Waals surface area contributed by atoms with E-state index in [1.807, 2.05) is 0 Å². The van der Waals surface area contributed by atoms with E-state index in [-0.39, 0.29) is 6.42 Å². The first-order valence-corrected chi connectivity index (χ1v) is 5.50. The number of carboxylic acids is 2. The smallest absolute Gasteiger partial charge is 0.328 e. The number of rotatable bonds is 4. The van der Waals surface area contributed by atoms with Crippen LogP contribution in [0.3, 0.4) is 0 Å². The molecule has 0 aliphatic carbocycles. The first-order chi connectivity index (χ1) is 8.43. The van der Waals surface area contributed by atoms with Gasteiger partial charge >= 0.3 is 17.9 Å². The minimum Gasteiger partial charge on any atom is -0.478 e. The molecule has 0 bridgehead atoms. The Morgan fingerprint density at radius 3 is 2.17 bits per heavy atom. The molecule has 1 rings (SSSR count). The van der Waals surface area contributed by atoms with Gasteiger partial charge in [0.25, 0.3) is 0 Å². The van der Waals surface area contributed by atoms with Gasteiger partial charge < -0.3 is 14.9 Å². The van der Waals surface area contributed by atoms with Crippen LogP contribution in [0.2, 0.25) is 0 Å². The average molecular weight is 254 g/mol. The Labute approximate surface area is 104 Å². The largest absolute Gasteiger partial charge is 0.478 e. The summed E-state index contributed by atoms with van der Waals surface area (Å²) in [5.41, 5.74) is -1.27. The Hall–Kier alpha value is -2.11. The van der Waals surface area contributed by atoms with Crippen LogP contribution in [0.15, 0.2) is 24.3 Å². The molecule has 0 spiro atoms. The predicted octanol–water partition coefficient (Wildman–Crippen LogP) is 1.12. The minimum absolute atomic E-state index is 0.254. The molecule has 1 saturated heterocycles. The van der Waals surface area contributed by atoms with Crippen molar-refractivity contribution in [1.82, 2.24) is 0 Å². The summed E-state index contributed by atoms with van der Waals surface area (Å²) in [7, 11) is 0. The number of ether oxygens (including phenoxy) is 1. The molecule has 0 aromatic heterocycles. The topological polar surface area (TPSA) is 101 Å². The normalized spacial score (nSPS) is 25.0. The Morgan fingerprint density at radius 2 is 1.67 bits per heavy atom. The van der Waals surface area contributed by atoms with Crippen molar-refractivity contribution < 1.29 is 29.3 Å². The van der Waals surface area contributed by atoms with Crippen LogP contribution < -0.4 is 0 Å². The highest BCUT2D eigenvalue weighted by molar-refractivity contribution is 5.82. The molecule has 1 fully saturated rings. The number of esters is 1. The lowest BCUT2D eigenvalue weighted by Crippen LogP contribution is -2.29. The second kappa shape index (κ2) is 6.00. The minimum atomic E-state index is -1.27. The highest BCUT2D eigenvalue weighted by Crippen LogP contribution is 2.28. The standard InChI is InChI=1S/C12H14O6/c13-9(14)4-7-12(8-5-10(15)16)6-2-1-3-11(17)18-12/h4-5,7-8H,1-3,6H2,(H,13,14)(H,15,16). The molecular weight excluding hydrogens is 240 g/mol. The van der Waals surface area contributed by atoms with E-state index in [1.165, 1.54) is 12.2 Å². The van der Waals surface area contributed by atoms with Gasteiger partial charge in [0.1, 0.15) is 5.60 Å². The number of carbonyl (C=O) groups is 3. The third kappa shape index (κ3) is 4.40. The fourth-order valence-electron chi connectivity index (χ4n) is 1.70. The zero-order valence-electron chi connectivity index (χ0n) is 9.67. The molecule has 0 saturated carbocycles. The van der Waals surface area contributed by atoms with Gasteiger partial charge in [0, 0.05) is 18.6 Å². The molecule has 1 aliphatic rings.